The third kappa shape index (κ3) is 5.14. The van der Waals surface area contributed by atoms with Crippen molar-refractivity contribution >= 4 is 11.7 Å². The van der Waals surface area contributed by atoms with Gasteiger partial charge in [0.15, 0.2) is 0 Å². The van der Waals surface area contributed by atoms with E-state index in [9.17, 15) is 4.79 Å². The Morgan fingerprint density at radius 2 is 1.96 bits per heavy atom. The van der Waals surface area contributed by atoms with Gasteiger partial charge in [0.25, 0.3) is 5.91 Å². The summed E-state index contributed by atoms with van der Waals surface area (Å²) in [6.45, 7) is 10.1. The van der Waals surface area contributed by atoms with Crippen molar-refractivity contribution in [3.63, 3.8) is 0 Å². The lowest BCUT2D eigenvalue weighted by molar-refractivity contribution is 0.0637. The van der Waals surface area contributed by atoms with Crippen LogP contribution in [-0.2, 0) is 0 Å². The molecule has 1 aliphatic heterocycles. The van der Waals surface area contributed by atoms with Crippen molar-refractivity contribution in [3.05, 3.63) is 17.6 Å². The molecular formula is C16H28N6O. The van der Waals surface area contributed by atoms with E-state index in [0.717, 1.165) is 51.6 Å². The summed E-state index contributed by atoms with van der Waals surface area (Å²) in [4.78, 5) is 27.7. The summed E-state index contributed by atoms with van der Waals surface area (Å²) < 4.78 is 0. The molecule has 128 valence electrons. The predicted octanol–water partition coefficient (Wildman–Crippen LogP) is 0.536. The van der Waals surface area contributed by atoms with Crippen LogP contribution >= 0.6 is 0 Å². The van der Waals surface area contributed by atoms with Crippen LogP contribution in [0.5, 0.6) is 0 Å². The third-order valence-corrected chi connectivity index (χ3v) is 4.03. The summed E-state index contributed by atoms with van der Waals surface area (Å²) in [5, 5.41) is 3.26. The molecule has 0 spiro atoms. The number of piperazine rings is 1. The zero-order valence-electron chi connectivity index (χ0n) is 14.7. The highest BCUT2D eigenvalue weighted by Crippen LogP contribution is 2.11. The summed E-state index contributed by atoms with van der Waals surface area (Å²) in [7, 11) is 4.05. The van der Waals surface area contributed by atoms with Crippen molar-refractivity contribution in [3.8, 4) is 0 Å². The molecule has 0 aliphatic carbocycles. The normalized spacial score (nSPS) is 16.0. The number of anilines is 1. The van der Waals surface area contributed by atoms with Gasteiger partial charge >= 0.3 is 0 Å². The molecule has 0 saturated carbocycles. The van der Waals surface area contributed by atoms with Gasteiger partial charge in [0, 0.05) is 45.3 Å². The summed E-state index contributed by atoms with van der Waals surface area (Å²) >= 11 is 0. The Balaban J connectivity index is 2.01. The fourth-order valence-corrected chi connectivity index (χ4v) is 2.60. The molecule has 0 aromatic carbocycles. The van der Waals surface area contributed by atoms with Gasteiger partial charge in [-0.2, -0.15) is 0 Å². The maximum absolute atomic E-state index is 12.7. The number of carbonyl (C=O) groups is 1. The van der Waals surface area contributed by atoms with E-state index in [1.165, 1.54) is 0 Å². The Hall–Kier alpha value is -1.73. The molecule has 1 amide bonds. The average molecular weight is 320 g/mol. The first-order chi connectivity index (χ1) is 11.0. The molecule has 0 bridgehead atoms. The quantitative estimate of drug-likeness (QED) is 0.825. The number of aryl methyl sites for hydroxylation is 1. The van der Waals surface area contributed by atoms with Crippen molar-refractivity contribution in [2.24, 2.45) is 0 Å². The number of hydrogen-bond acceptors (Lipinski definition) is 6. The molecule has 0 radical (unpaired) electrons. The highest BCUT2D eigenvalue weighted by atomic mass is 16.2. The van der Waals surface area contributed by atoms with Gasteiger partial charge < -0.3 is 20.0 Å². The molecule has 1 aromatic rings. The molecule has 1 aliphatic rings. The van der Waals surface area contributed by atoms with Crippen LogP contribution < -0.4 is 5.32 Å². The standard InChI is InChI=1S/C16H28N6O/c1-5-21-8-10-22(11-9-21)16(23)14-12-15(19-13(2)18-14)17-6-7-20(3)4/h12H,5-11H2,1-4H3,(H,17,18,19). The lowest BCUT2D eigenvalue weighted by Crippen LogP contribution is -2.48. The van der Waals surface area contributed by atoms with Gasteiger partial charge in [-0.15, -0.1) is 0 Å². The lowest BCUT2D eigenvalue weighted by Gasteiger charge is -2.33. The van der Waals surface area contributed by atoms with E-state index in [1.54, 1.807) is 6.07 Å². The molecule has 0 unspecified atom stereocenters. The monoisotopic (exact) mass is 320 g/mol. The van der Waals surface area contributed by atoms with Gasteiger partial charge in [0.2, 0.25) is 0 Å². The lowest BCUT2D eigenvalue weighted by atomic mass is 10.2. The van der Waals surface area contributed by atoms with Gasteiger partial charge in [0.05, 0.1) is 0 Å². The molecule has 1 fully saturated rings. The van der Waals surface area contributed by atoms with Gasteiger partial charge in [-0.3, -0.25) is 4.79 Å². The number of aromatic nitrogens is 2. The molecule has 23 heavy (non-hydrogen) atoms. The van der Waals surface area contributed by atoms with Crippen LogP contribution in [0.4, 0.5) is 5.82 Å². The Kier molecular flexibility index (Phi) is 6.29. The molecule has 1 N–H and O–H groups in total. The van der Waals surface area contributed by atoms with E-state index in [0.29, 0.717) is 11.5 Å². The minimum atomic E-state index is 0.00177. The topological polar surface area (TPSA) is 64.6 Å². The Morgan fingerprint density at radius 1 is 1.26 bits per heavy atom. The summed E-state index contributed by atoms with van der Waals surface area (Å²) in [5.41, 5.74) is 0.481. The van der Waals surface area contributed by atoms with Crippen molar-refractivity contribution in [2.45, 2.75) is 13.8 Å². The Labute approximate surface area is 138 Å². The first-order valence-electron chi connectivity index (χ1n) is 8.25. The van der Waals surface area contributed by atoms with E-state index >= 15 is 0 Å². The summed E-state index contributed by atoms with van der Waals surface area (Å²) in [6, 6.07) is 1.76. The number of likely N-dealkylation sites (N-methyl/N-ethyl adjacent to an activating group) is 2. The second-order valence-electron chi connectivity index (χ2n) is 6.14. The average Bonchev–Trinajstić information content (AvgIpc) is 2.53. The predicted molar refractivity (Wildman–Crippen MR) is 91.8 cm³/mol. The number of nitrogens with one attached hydrogen (secondary N) is 1. The van der Waals surface area contributed by atoms with Crippen LogP contribution in [0, 0.1) is 6.92 Å². The number of amides is 1. The van der Waals surface area contributed by atoms with Gasteiger partial charge in [-0.05, 0) is 27.6 Å². The molecular weight excluding hydrogens is 292 g/mol. The maximum Gasteiger partial charge on any atom is 0.272 e. The highest BCUT2D eigenvalue weighted by Gasteiger charge is 2.22. The highest BCUT2D eigenvalue weighted by molar-refractivity contribution is 5.93. The Morgan fingerprint density at radius 3 is 2.57 bits per heavy atom. The fourth-order valence-electron chi connectivity index (χ4n) is 2.60. The van der Waals surface area contributed by atoms with E-state index in [-0.39, 0.29) is 5.91 Å². The molecule has 1 saturated heterocycles. The van der Waals surface area contributed by atoms with Crippen LogP contribution in [0.15, 0.2) is 6.07 Å². The number of rotatable bonds is 6. The van der Waals surface area contributed by atoms with E-state index in [2.05, 4.69) is 32.0 Å². The minimum absolute atomic E-state index is 0.00177. The fraction of sp³-hybridized carbons (Fsp3) is 0.688. The van der Waals surface area contributed by atoms with E-state index in [4.69, 9.17) is 0 Å². The van der Waals surface area contributed by atoms with Crippen LogP contribution in [0.1, 0.15) is 23.2 Å². The van der Waals surface area contributed by atoms with E-state index < -0.39 is 0 Å². The van der Waals surface area contributed by atoms with E-state index in [1.807, 2.05) is 25.9 Å². The number of nitrogens with zero attached hydrogens (tertiary/aromatic N) is 5. The molecule has 0 atom stereocenters. The smallest absolute Gasteiger partial charge is 0.272 e. The van der Waals surface area contributed by atoms with Crippen LogP contribution in [0.25, 0.3) is 0 Å². The maximum atomic E-state index is 12.7. The second-order valence-corrected chi connectivity index (χ2v) is 6.14. The number of carbonyl (C=O) groups excluding carboxylic acids is 1. The molecule has 7 heteroatoms. The van der Waals surface area contributed by atoms with Crippen LogP contribution in [0.3, 0.4) is 0 Å². The zero-order valence-corrected chi connectivity index (χ0v) is 14.7. The van der Waals surface area contributed by atoms with Gasteiger partial charge in [-0.25, -0.2) is 9.97 Å². The van der Waals surface area contributed by atoms with Gasteiger partial charge in [0.1, 0.15) is 17.3 Å². The molecule has 2 heterocycles. The van der Waals surface area contributed by atoms with Crippen LogP contribution in [0.2, 0.25) is 0 Å². The Bertz CT molecular complexity index is 525. The minimum Gasteiger partial charge on any atom is -0.369 e. The van der Waals surface area contributed by atoms with Crippen molar-refractivity contribution in [1.29, 1.82) is 0 Å². The first kappa shape index (κ1) is 17.6. The molecule has 1 aromatic heterocycles. The summed E-state index contributed by atoms with van der Waals surface area (Å²) in [6.07, 6.45) is 0. The van der Waals surface area contributed by atoms with Crippen molar-refractivity contribution < 1.29 is 4.79 Å². The first-order valence-corrected chi connectivity index (χ1v) is 8.25. The van der Waals surface area contributed by atoms with Crippen molar-refractivity contribution in [2.75, 3.05) is 65.2 Å². The van der Waals surface area contributed by atoms with Gasteiger partial charge in [-0.1, -0.05) is 6.92 Å². The zero-order chi connectivity index (χ0) is 16.8. The van der Waals surface area contributed by atoms with Crippen molar-refractivity contribution in [1.82, 2.24) is 24.7 Å². The third-order valence-electron chi connectivity index (χ3n) is 4.03. The largest absolute Gasteiger partial charge is 0.369 e. The molecule has 7 nitrogen and oxygen atoms in total. The summed E-state index contributed by atoms with van der Waals surface area (Å²) in [5.74, 6) is 1.34. The number of hydrogen-bond donors (Lipinski definition) is 1. The van der Waals surface area contributed by atoms with Crippen LogP contribution in [-0.4, -0.2) is 90.5 Å². The molecule has 2 rings (SSSR count). The SMILES string of the molecule is CCN1CCN(C(=O)c2cc(NCCN(C)C)nc(C)n2)CC1. The second kappa shape index (κ2) is 8.21.